The molecule has 16 heavy (non-hydrogen) atoms. The van der Waals surface area contributed by atoms with Crippen molar-refractivity contribution in [3.8, 4) is 0 Å². The van der Waals surface area contributed by atoms with Crippen LogP contribution < -0.4 is 0 Å². The zero-order valence-electron chi connectivity index (χ0n) is 10.0. The second-order valence-electron chi connectivity index (χ2n) is 4.24. The fourth-order valence-corrected chi connectivity index (χ4v) is 1.98. The Bertz CT molecular complexity index is 247. The molecule has 0 spiro atoms. The van der Waals surface area contributed by atoms with E-state index in [4.69, 9.17) is 19.3 Å². The monoisotopic (exact) mass is 236 g/mol. The molecule has 0 bridgehead atoms. The molecule has 6 heteroatoms. The summed E-state index contributed by atoms with van der Waals surface area (Å²) < 4.78 is 15.9. The summed E-state index contributed by atoms with van der Waals surface area (Å²) in [5, 5.41) is 28.8. The third-order valence-electron chi connectivity index (χ3n) is 3.54. The Kier molecular flexibility index (Phi) is 3.94. The fraction of sp³-hybridized carbons (Fsp3) is 1.00. The first kappa shape index (κ1) is 13.8. The van der Waals surface area contributed by atoms with Gasteiger partial charge in [0.2, 0.25) is 0 Å². The van der Waals surface area contributed by atoms with Gasteiger partial charge in [-0.2, -0.15) is 0 Å². The van der Waals surface area contributed by atoms with Crippen LogP contribution in [0, 0.1) is 0 Å². The third-order valence-corrected chi connectivity index (χ3v) is 3.54. The lowest BCUT2D eigenvalue weighted by Gasteiger charge is -2.53. The zero-order chi connectivity index (χ0) is 12.6. The van der Waals surface area contributed by atoms with Gasteiger partial charge in [0, 0.05) is 14.2 Å². The lowest BCUT2D eigenvalue weighted by atomic mass is 9.81. The average molecular weight is 236 g/mol. The molecule has 0 saturated carbocycles. The molecule has 0 aromatic rings. The normalized spacial score (nSPS) is 49.3. The van der Waals surface area contributed by atoms with E-state index in [0.717, 1.165) is 0 Å². The Hall–Kier alpha value is -0.240. The van der Waals surface area contributed by atoms with E-state index in [9.17, 15) is 10.2 Å². The molecule has 1 fully saturated rings. The number of methoxy groups -OCH3 is 2. The minimum absolute atomic E-state index is 0.406. The largest absolute Gasteiger partial charge is 0.394 e. The number of rotatable bonds is 3. The molecule has 6 nitrogen and oxygen atoms in total. The highest BCUT2D eigenvalue weighted by atomic mass is 16.7. The van der Waals surface area contributed by atoms with Crippen molar-refractivity contribution >= 4 is 0 Å². The maximum Gasteiger partial charge on any atom is 0.197 e. The molecule has 0 amide bonds. The van der Waals surface area contributed by atoms with Crippen LogP contribution in [-0.4, -0.2) is 65.8 Å². The van der Waals surface area contributed by atoms with Crippen LogP contribution in [0.15, 0.2) is 0 Å². The second kappa shape index (κ2) is 4.56. The van der Waals surface area contributed by atoms with E-state index in [0.29, 0.717) is 0 Å². The molecular weight excluding hydrogens is 216 g/mol. The standard InChI is InChI=1S/C10H20O6/c1-9(14-3)8(13)7(12)6(5-11)16-10(9,2)15-4/h6-8,11-13H,5H2,1-4H3/t6-,7-,8+,9-,10?/m1/s1. The highest BCUT2D eigenvalue weighted by Gasteiger charge is 2.60. The maximum atomic E-state index is 10.0. The van der Waals surface area contributed by atoms with Crippen molar-refractivity contribution in [1.29, 1.82) is 0 Å². The van der Waals surface area contributed by atoms with E-state index in [2.05, 4.69) is 0 Å². The molecule has 1 aliphatic rings. The summed E-state index contributed by atoms with van der Waals surface area (Å²) in [4.78, 5) is 0. The second-order valence-corrected chi connectivity index (χ2v) is 4.24. The minimum atomic E-state index is -1.24. The van der Waals surface area contributed by atoms with Gasteiger partial charge in [0.05, 0.1) is 6.61 Å². The quantitative estimate of drug-likeness (QED) is 0.574. The first-order valence-corrected chi connectivity index (χ1v) is 5.11. The molecule has 0 aromatic carbocycles. The van der Waals surface area contributed by atoms with E-state index >= 15 is 0 Å². The summed E-state index contributed by atoms with van der Waals surface area (Å²) >= 11 is 0. The lowest BCUT2D eigenvalue weighted by molar-refractivity contribution is -0.388. The Morgan fingerprint density at radius 3 is 2.12 bits per heavy atom. The summed E-state index contributed by atoms with van der Waals surface area (Å²) in [6, 6.07) is 0. The van der Waals surface area contributed by atoms with E-state index in [1.807, 2.05) is 0 Å². The van der Waals surface area contributed by atoms with Crippen LogP contribution >= 0.6 is 0 Å². The SMILES string of the molecule is COC1(C)O[C@H](CO)[C@@H](O)[C@H](O)[C@@]1(C)OC. The number of ether oxygens (including phenoxy) is 3. The van der Waals surface area contributed by atoms with Gasteiger partial charge in [0.25, 0.3) is 0 Å². The zero-order valence-corrected chi connectivity index (χ0v) is 10.0. The van der Waals surface area contributed by atoms with Gasteiger partial charge in [-0.3, -0.25) is 0 Å². The van der Waals surface area contributed by atoms with Crippen molar-refractivity contribution < 1.29 is 29.5 Å². The molecule has 3 N–H and O–H groups in total. The molecule has 0 radical (unpaired) electrons. The Balaban J connectivity index is 3.08. The molecule has 1 heterocycles. The molecule has 96 valence electrons. The third kappa shape index (κ3) is 1.75. The van der Waals surface area contributed by atoms with E-state index in [1.165, 1.54) is 14.2 Å². The summed E-state index contributed by atoms with van der Waals surface area (Å²) in [6.45, 7) is 2.77. The molecule has 1 unspecified atom stereocenters. The van der Waals surface area contributed by atoms with Gasteiger partial charge in [0.1, 0.15) is 23.9 Å². The Morgan fingerprint density at radius 1 is 1.19 bits per heavy atom. The van der Waals surface area contributed by atoms with Crippen molar-refractivity contribution in [2.45, 2.75) is 43.5 Å². The van der Waals surface area contributed by atoms with Crippen LogP contribution in [0.4, 0.5) is 0 Å². The van der Waals surface area contributed by atoms with Gasteiger partial charge >= 0.3 is 0 Å². The molecule has 1 aliphatic heterocycles. The number of aliphatic hydroxyl groups is 3. The van der Waals surface area contributed by atoms with Gasteiger partial charge in [-0.15, -0.1) is 0 Å². The predicted octanol–water partition coefficient (Wildman–Crippen LogP) is -1.13. The van der Waals surface area contributed by atoms with Crippen LogP contribution in [0.2, 0.25) is 0 Å². The van der Waals surface area contributed by atoms with Crippen LogP contribution in [0.1, 0.15) is 13.8 Å². The van der Waals surface area contributed by atoms with E-state index < -0.39 is 36.3 Å². The number of hydrogen-bond acceptors (Lipinski definition) is 6. The number of hydrogen-bond donors (Lipinski definition) is 3. The van der Waals surface area contributed by atoms with Crippen LogP contribution in [0.5, 0.6) is 0 Å². The first-order valence-electron chi connectivity index (χ1n) is 5.11. The van der Waals surface area contributed by atoms with Crippen molar-refractivity contribution in [2.75, 3.05) is 20.8 Å². The topological polar surface area (TPSA) is 88.4 Å². The Morgan fingerprint density at radius 2 is 1.75 bits per heavy atom. The van der Waals surface area contributed by atoms with Gasteiger partial charge in [-0.05, 0) is 13.8 Å². The summed E-state index contributed by atoms with van der Waals surface area (Å²) in [5.41, 5.74) is -1.22. The molecule has 1 rings (SSSR count). The molecule has 0 aliphatic carbocycles. The van der Waals surface area contributed by atoms with Gasteiger partial charge in [0.15, 0.2) is 5.79 Å². The minimum Gasteiger partial charge on any atom is -0.394 e. The summed E-state index contributed by atoms with van der Waals surface area (Å²) in [5.74, 6) is -1.24. The molecule has 5 atom stereocenters. The smallest absolute Gasteiger partial charge is 0.197 e. The van der Waals surface area contributed by atoms with Crippen molar-refractivity contribution in [3.63, 3.8) is 0 Å². The van der Waals surface area contributed by atoms with Crippen LogP contribution in [0.3, 0.4) is 0 Å². The Labute approximate surface area is 94.7 Å². The van der Waals surface area contributed by atoms with Gasteiger partial charge in [-0.1, -0.05) is 0 Å². The molecule has 1 saturated heterocycles. The summed E-state index contributed by atoms with van der Waals surface area (Å²) in [7, 11) is 2.81. The molecular formula is C10H20O6. The predicted molar refractivity (Wildman–Crippen MR) is 54.8 cm³/mol. The van der Waals surface area contributed by atoms with Crippen molar-refractivity contribution in [1.82, 2.24) is 0 Å². The van der Waals surface area contributed by atoms with Crippen molar-refractivity contribution in [3.05, 3.63) is 0 Å². The highest BCUT2D eigenvalue weighted by molar-refractivity contribution is 5.04. The summed E-state index contributed by atoms with van der Waals surface area (Å²) in [6.07, 6.45) is -3.34. The maximum absolute atomic E-state index is 10.0. The van der Waals surface area contributed by atoms with Gasteiger partial charge in [-0.25, -0.2) is 0 Å². The first-order chi connectivity index (χ1) is 7.36. The van der Waals surface area contributed by atoms with E-state index in [1.54, 1.807) is 13.8 Å². The average Bonchev–Trinajstić information content (AvgIpc) is 2.31. The van der Waals surface area contributed by atoms with Gasteiger partial charge < -0.3 is 29.5 Å². The van der Waals surface area contributed by atoms with E-state index in [-0.39, 0.29) is 0 Å². The highest BCUT2D eigenvalue weighted by Crippen LogP contribution is 2.40. The lowest BCUT2D eigenvalue weighted by Crippen LogP contribution is -2.71. The van der Waals surface area contributed by atoms with Crippen LogP contribution in [0.25, 0.3) is 0 Å². The molecule has 0 aromatic heterocycles. The fourth-order valence-electron chi connectivity index (χ4n) is 1.98. The number of aliphatic hydroxyl groups excluding tert-OH is 3. The van der Waals surface area contributed by atoms with Crippen molar-refractivity contribution in [2.24, 2.45) is 0 Å². The van der Waals surface area contributed by atoms with Crippen LogP contribution in [-0.2, 0) is 14.2 Å².